The smallest absolute Gasteiger partial charge is 0.267 e. The minimum absolute atomic E-state index is 0.115. The summed E-state index contributed by atoms with van der Waals surface area (Å²) in [5.41, 5.74) is 7.89. The third kappa shape index (κ3) is 3.93. The molecule has 6 nitrogen and oxygen atoms in total. The number of nitrogens with one attached hydrogen (secondary N) is 2. The standard InChI is InChI=1S/C23H23N3O3/c1-15-20(19-4-2-3-5-21(19)24-15)13-23(28)26-11-10-17-8-6-16(12-18(17)14-26)7-9-22(27)25-29/h2-9,12,24,29H,10-11,13-14H2,1H3,(H,25,27)/b9-7+. The zero-order valence-corrected chi connectivity index (χ0v) is 16.2. The molecule has 3 N–H and O–H groups in total. The maximum Gasteiger partial charge on any atom is 0.267 e. The van der Waals surface area contributed by atoms with Crippen LogP contribution in [0.2, 0.25) is 0 Å². The van der Waals surface area contributed by atoms with Crippen LogP contribution in [0, 0.1) is 6.92 Å². The van der Waals surface area contributed by atoms with Gasteiger partial charge in [0.05, 0.1) is 6.42 Å². The number of nitrogens with zero attached hydrogens (tertiary/aromatic N) is 1. The summed E-state index contributed by atoms with van der Waals surface area (Å²) >= 11 is 0. The van der Waals surface area contributed by atoms with E-state index in [-0.39, 0.29) is 5.91 Å². The first-order valence-corrected chi connectivity index (χ1v) is 9.63. The topological polar surface area (TPSA) is 85.4 Å². The highest BCUT2D eigenvalue weighted by Crippen LogP contribution is 2.25. The lowest BCUT2D eigenvalue weighted by Gasteiger charge is -2.29. The number of carbonyl (C=O) groups excluding carboxylic acids is 2. The van der Waals surface area contributed by atoms with Crippen molar-refractivity contribution < 1.29 is 14.8 Å². The maximum atomic E-state index is 13.0. The van der Waals surface area contributed by atoms with Gasteiger partial charge in [-0.3, -0.25) is 14.8 Å². The molecule has 0 bridgehead atoms. The second-order valence-electron chi connectivity index (χ2n) is 7.35. The van der Waals surface area contributed by atoms with Gasteiger partial charge in [0.1, 0.15) is 0 Å². The molecule has 148 valence electrons. The Bertz CT molecular complexity index is 1110. The molecule has 0 fully saturated rings. The predicted molar refractivity (Wildman–Crippen MR) is 111 cm³/mol. The fourth-order valence-corrected chi connectivity index (χ4v) is 3.93. The van der Waals surface area contributed by atoms with Crippen LogP contribution in [0.1, 0.15) is 27.9 Å². The largest absolute Gasteiger partial charge is 0.358 e. The Hall–Kier alpha value is -3.38. The Morgan fingerprint density at radius 1 is 1.21 bits per heavy atom. The predicted octanol–water partition coefficient (Wildman–Crippen LogP) is 3.12. The highest BCUT2D eigenvalue weighted by molar-refractivity contribution is 5.91. The number of H-pyrrole nitrogens is 1. The van der Waals surface area contributed by atoms with Crippen molar-refractivity contribution in [2.45, 2.75) is 26.3 Å². The van der Waals surface area contributed by atoms with Gasteiger partial charge in [0, 0.05) is 35.8 Å². The molecule has 4 rings (SSSR count). The Morgan fingerprint density at radius 3 is 2.86 bits per heavy atom. The van der Waals surface area contributed by atoms with Crippen LogP contribution in [0.5, 0.6) is 0 Å². The molecule has 0 unspecified atom stereocenters. The first-order valence-electron chi connectivity index (χ1n) is 9.63. The van der Waals surface area contributed by atoms with Gasteiger partial charge >= 0.3 is 0 Å². The first-order chi connectivity index (χ1) is 14.0. The first kappa shape index (κ1) is 19.0. The molecule has 1 aliphatic heterocycles. The fourth-order valence-electron chi connectivity index (χ4n) is 3.93. The average molecular weight is 389 g/mol. The number of amides is 2. The highest BCUT2D eigenvalue weighted by atomic mass is 16.5. The number of rotatable bonds is 4. The molecule has 0 radical (unpaired) electrons. The molecule has 2 heterocycles. The van der Waals surface area contributed by atoms with E-state index in [4.69, 9.17) is 5.21 Å². The number of hydroxylamine groups is 1. The van der Waals surface area contributed by atoms with Gasteiger partial charge in [-0.2, -0.15) is 0 Å². The van der Waals surface area contributed by atoms with Gasteiger partial charge in [-0.05, 0) is 53.8 Å². The van der Waals surface area contributed by atoms with Gasteiger partial charge in [0.25, 0.3) is 5.91 Å². The molecule has 3 aromatic rings. The number of hydrogen-bond donors (Lipinski definition) is 3. The summed E-state index contributed by atoms with van der Waals surface area (Å²) in [6, 6.07) is 14.0. The van der Waals surface area contributed by atoms with E-state index < -0.39 is 5.91 Å². The van der Waals surface area contributed by atoms with E-state index in [9.17, 15) is 9.59 Å². The zero-order chi connectivity index (χ0) is 20.4. The molecule has 0 atom stereocenters. The number of carbonyl (C=O) groups is 2. The fraction of sp³-hybridized carbons (Fsp3) is 0.217. The van der Waals surface area contributed by atoms with Crippen LogP contribution >= 0.6 is 0 Å². The van der Waals surface area contributed by atoms with E-state index in [0.29, 0.717) is 19.5 Å². The summed E-state index contributed by atoms with van der Waals surface area (Å²) in [7, 11) is 0. The highest BCUT2D eigenvalue weighted by Gasteiger charge is 2.22. The van der Waals surface area contributed by atoms with E-state index in [0.717, 1.165) is 39.7 Å². The van der Waals surface area contributed by atoms with Crippen molar-refractivity contribution in [2.24, 2.45) is 0 Å². The number of para-hydroxylation sites is 1. The molecule has 0 spiro atoms. The molecule has 0 aliphatic carbocycles. The van der Waals surface area contributed by atoms with Crippen LogP contribution in [0.15, 0.2) is 48.5 Å². The molecular formula is C23H23N3O3. The van der Waals surface area contributed by atoms with Gasteiger partial charge in [-0.1, -0.05) is 30.3 Å². The monoisotopic (exact) mass is 389 g/mol. The summed E-state index contributed by atoms with van der Waals surface area (Å²) in [6.45, 7) is 3.27. The Kier molecular flexibility index (Phi) is 5.18. The van der Waals surface area contributed by atoms with Gasteiger partial charge in [-0.25, -0.2) is 5.48 Å². The average Bonchev–Trinajstić information content (AvgIpc) is 3.06. The van der Waals surface area contributed by atoms with Crippen LogP contribution in [0.4, 0.5) is 0 Å². The summed E-state index contributed by atoms with van der Waals surface area (Å²) in [5.74, 6) is -0.460. The van der Waals surface area contributed by atoms with Crippen LogP contribution < -0.4 is 5.48 Å². The minimum atomic E-state index is -0.575. The van der Waals surface area contributed by atoms with Crippen molar-refractivity contribution in [3.8, 4) is 0 Å². The lowest BCUT2D eigenvalue weighted by molar-refractivity contribution is -0.131. The van der Waals surface area contributed by atoms with Gasteiger partial charge < -0.3 is 9.88 Å². The third-order valence-electron chi connectivity index (χ3n) is 5.49. The molecule has 1 aromatic heterocycles. The van der Waals surface area contributed by atoms with Crippen LogP contribution in [0.25, 0.3) is 17.0 Å². The molecule has 29 heavy (non-hydrogen) atoms. The molecule has 0 saturated carbocycles. The van der Waals surface area contributed by atoms with Crippen LogP contribution in [-0.2, 0) is 29.0 Å². The maximum absolute atomic E-state index is 13.0. The molecule has 6 heteroatoms. The van der Waals surface area contributed by atoms with E-state index in [2.05, 4.69) is 4.98 Å². The van der Waals surface area contributed by atoms with E-state index in [1.54, 1.807) is 11.6 Å². The van der Waals surface area contributed by atoms with Crippen molar-refractivity contribution in [1.82, 2.24) is 15.4 Å². The van der Waals surface area contributed by atoms with Crippen molar-refractivity contribution in [1.29, 1.82) is 0 Å². The minimum Gasteiger partial charge on any atom is -0.358 e. The van der Waals surface area contributed by atoms with E-state index in [1.165, 1.54) is 11.6 Å². The lowest BCUT2D eigenvalue weighted by atomic mass is 9.96. The number of fused-ring (bicyclic) bond motifs is 2. The van der Waals surface area contributed by atoms with Gasteiger partial charge in [0.15, 0.2) is 0 Å². The summed E-state index contributed by atoms with van der Waals surface area (Å²) in [6.07, 6.45) is 4.10. The molecular weight excluding hydrogens is 366 g/mol. The summed E-state index contributed by atoms with van der Waals surface area (Å²) in [4.78, 5) is 29.5. The number of aryl methyl sites for hydroxylation is 1. The van der Waals surface area contributed by atoms with Crippen molar-refractivity contribution >= 4 is 28.8 Å². The summed E-state index contributed by atoms with van der Waals surface area (Å²) < 4.78 is 0. The van der Waals surface area contributed by atoms with Crippen molar-refractivity contribution in [3.63, 3.8) is 0 Å². The second kappa shape index (κ2) is 7.93. The van der Waals surface area contributed by atoms with Gasteiger partial charge in [-0.15, -0.1) is 0 Å². The normalized spacial score (nSPS) is 13.7. The SMILES string of the molecule is Cc1[nH]c2ccccc2c1CC(=O)N1CCc2ccc(/C=C/C(=O)NO)cc2C1. The van der Waals surface area contributed by atoms with E-state index in [1.807, 2.05) is 54.3 Å². The second-order valence-corrected chi connectivity index (χ2v) is 7.35. The number of benzene rings is 2. The molecule has 0 saturated heterocycles. The van der Waals surface area contributed by atoms with Gasteiger partial charge in [0.2, 0.25) is 5.91 Å². The molecule has 1 aliphatic rings. The third-order valence-corrected chi connectivity index (χ3v) is 5.49. The number of hydrogen-bond acceptors (Lipinski definition) is 3. The molecule has 2 aromatic carbocycles. The van der Waals surface area contributed by atoms with Crippen molar-refractivity contribution in [2.75, 3.05) is 6.54 Å². The number of aromatic nitrogens is 1. The van der Waals surface area contributed by atoms with Crippen molar-refractivity contribution in [3.05, 3.63) is 76.5 Å². The Labute approximate surface area is 168 Å². The molecule has 2 amide bonds. The Balaban J connectivity index is 1.51. The quantitative estimate of drug-likeness (QED) is 0.364. The zero-order valence-electron chi connectivity index (χ0n) is 16.2. The van der Waals surface area contributed by atoms with Crippen LogP contribution in [-0.4, -0.2) is 33.5 Å². The Morgan fingerprint density at radius 2 is 2.03 bits per heavy atom. The number of aromatic amines is 1. The van der Waals surface area contributed by atoms with E-state index >= 15 is 0 Å². The van der Waals surface area contributed by atoms with Crippen LogP contribution in [0.3, 0.4) is 0 Å². The lowest BCUT2D eigenvalue weighted by Crippen LogP contribution is -2.37. The summed E-state index contributed by atoms with van der Waals surface area (Å²) in [5, 5.41) is 9.70.